The summed E-state index contributed by atoms with van der Waals surface area (Å²) in [6, 6.07) is -0.143. The molecule has 3 aliphatic rings. The number of likely N-dealkylation sites (N-methyl/N-ethyl adjacent to an activating group) is 1. The van der Waals surface area contributed by atoms with E-state index in [1.165, 1.54) is 14.2 Å². The number of carbonyl (C=O) groups is 3. The monoisotopic (exact) mass is 622 g/mol. The number of phenolic OH excluding ortho intramolecular Hbond substituents is 3. The van der Waals surface area contributed by atoms with Crippen molar-refractivity contribution in [1.82, 2.24) is 15.1 Å². The van der Waals surface area contributed by atoms with Crippen LogP contribution in [0.3, 0.4) is 0 Å². The predicted molar refractivity (Wildman–Crippen MR) is 157 cm³/mol. The number of aliphatic hydroxyl groups is 1. The molecule has 14 heteroatoms. The van der Waals surface area contributed by atoms with E-state index in [1.54, 1.807) is 25.8 Å². The zero-order valence-electron chi connectivity index (χ0n) is 25.6. The molecule has 0 saturated carbocycles. The molecule has 2 aromatic carbocycles. The maximum absolute atomic E-state index is 12.5. The van der Waals surface area contributed by atoms with Gasteiger partial charge in [-0.3, -0.25) is 9.59 Å². The first-order chi connectivity index (χ1) is 21.3. The molecule has 0 spiro atoms. The van der Waals surface area contributed by atoms with Crippen LogP contribution < -0.4 is 19.5 Å². The quantitative estimate of drug-likeness (QED) is 0.127. The lowest BCUT2D eigenvalue weighted by Gasteiger charge is -2.55. The highest BCUT2D eigenvalue weighted by molar-refractivity contribution is 6.35. The Bertz CT molecular complexity index is 1730. The summed E-state index contributed by atoms with van der Waals surface area (Å²) in [5, 5.41) is 57.1. The molecule has 2 aromatic rings. The minimum absolute atomic E-state index is 0.00258. The molecule has 0 saturated heterocycles. The van der Waals surface area contributed by atoms with Gasteiger partial charge in [-0.15, -0.1) is 0 Å². The first kappa shape index (κ1) is 31.3. The molecule has 1 amide bonds. The highest BCUT2D eigenvalue weighted by Gasteiger charge is 2.51. The van der Waals surface area contributed by atoms with E-state index in [2.05, 4.69) is 11.4 Å². The molecule has 0 fully saturated rings. The van der Waals surface area contributed by atoms with E-state index in [0.29, 0.717) is 28.1 Å². The van der Waals surface area contributed by atoms with E-state index in [9.17, 15) is 40.1 Å². The number of hydrogen-bond donors (Lipinski definition) is 5. The predicted octanol–water partition coefficient (Wildman–Crippen LogP) is 1.07. The molecule has 3 heterocycles. The van der Waals surface area contributed by atoms with E-state index in [1.807, 2.05) is 4.90 Å². The van der Waals surface area contributed by atoms with Gasteiger partial charge in [0, 0.05) is 66.9 Å². The third-order valence-corrected chi connectivity index (χ3v) is 8.91. The number of aromatic hydroxyl groups is 3. The van der Waals surface area contributed by atoms with Crippen molar-refractivity contribution in [2.24, 2.45) is 0 Å². The number of benzene rings is 2. The molecular formula is C31H34N4O10. The number of aliphatic hydroxyl groups excluding tert-OH is 1. The maximum atomic E-state index is 12.5. The smallest absolute Gasteiger partial charge is 0.337 e. The SMILES string of the molecule is COc1c(C)c(O)c2c(c1O)C1=C3Cc4c(OC(=O)CO)c(C)c(OC)c(O)c4[C@H](CNC(=O)C(C)=O)N3[C@@H](C#N)[C@H](C2)N1C. The Morgan fingerprint density at radius 1 is 1.00 bits per heavy atom. The lowest BCUT2D eigenvalue weighted by molar-refractivity contribution is -0.137. The second kappa shape index (κ2) is 11.4. The van der Waals surface area contributed by atoms with Crippen molar-refractivity contribution in [3.05, 3.63) is 39.1 Å². The fourth-order valence-electron chi connectivity index (χ4n) is 6.91. The molecule has 45 heavy (non-hydrogen) atoms. The summed E-state index contributed by atoms with van der Waals surface area (Å²) in [5.74, 6) is -3.21. The highest BCUT2D eigenvalue weighted by Crippen LogP contribution is 2.58. The van der Waals surface area contributed by atoms with Crippen LogP contribution in [-0.2, 0) is 27.2 Å². The molecule has 238 valence electrons. The normalized spacial score (nSPS) is 19.6. The van der Waals surface area contributed by atoms with Crippen LogP contribution in [-0.4, -0.2) is 94.4 Å². The van der Waals surface area contributed by atoms with Crippen molar-refractivity contribution < 1.29 is 49.0 Å². The van der Waals surface area contributed by atoms with Crippen LogP contribution in [0.25, 0.3) is 5.70 Å². The summed E-state index contributed by atoms with van der Waals surface area (Å²) in [6.07, 6.45) is 0.100. The number of fused-ring (bicyclic) bond motifs is 6. The largest absolute Gasteiger partial charge is 0.507 e. The maximum Gasteiger partial charge on any atom is 0.337 e. The first-order valence-corrected chi connectivity index (χ1v) is 14.1. The summed E-state index contributed by atoms with van der Waals surface area (Å²) in [4.78, 5) is 40.3. The summed E-state index contributed by atoms with van der Waals surface area (Å²) >= 11 is 0. The van der Waals surface area contributed by atoms with Gasteiger partial charge in [0.2, 0.25) is 5.78 Å². The van der Waals surface area contributed by atoms with Crippen molar-refractivity contribution >= 4 is 23.4 Å². The Hall–Kier alpha value is -5.16. The lowest BCUT2D eigenvalue weighted by atomic mass is 9.77. The van der Waals surface area contributed by atoms with Gasteiger partial charge in [-0.2, -0.15) is 5.26 Å². The van der Waals surface area contributed by atoms with Crippen molar-refractivity contribution in [2.45, 2.75) is 51.7 Å². The summed E-state index contributed by atoms with van der Waals surface area (Å²) in [5.41, 5.74) is 2.66. The van der Waals surface area contributed by atoms with Crippen LogP contribution in [0.5, 0.6) is 34.5 Å². The minimum atomic E-state index is -1.01. The summed E-state index contributed by atoms with van der Waals surface area (Å²) in [7, 11) is 4.44. The van der Waals surface area contributed by atoms with E-state index in [4.69, 9.17) is 14.2 Å². The topological polar surface area (TPSA) is 202 Å². The summed E-state index contributed by atoms with van der Waals surface area (Å²) in [6.45, 7) is 3.08. The number of nitriles is 1. The Kier molecular flexibility index (Phi) is 7.92. The Balaban J connectivity index is 1.90. The van der Waals surface area contributed by atoms with Gasteiger partial charge in [0.1, 0.15) is 24.1 Å². The van der Waals surface area contributed by atoms with Gasteiger partial charge in [0.05, 0.1) is 43.6 Å². The Morgan fingerprint density at radius 2 is 1.64 bits per heavy atom. The average Bonchev–Trinajstić information content (AvgIpc) is 3.00. The van der Waals surface area contributed by atoms with Crippen LogP contribution in [0.15, 0.2) is 5.70 Å². The van der Waals surface area contributed by atoms with Gasteiger partial charge in [-0.25, -0.2) is 4.79 Å². The van der Waals surface area contributed by atoms with Gasteiger partial charge in [0.25, 0.3) is 5.91 Å². The number of nitrogens with zero attached hydrogens (tertiary/aromatic N) is 3. The lowest BCUT2D eigenvalue weighted by Crippen LogP contribution is -2.60. The zero-order chi connectivity index (χ0) is 33.1. The van der Waals surface area contributed by atoms with Crippen LogP contribution in [0.2, 0.25) is 0 Å². The van der Waals surface area contributed by atoms with Gasteiger partial charge >= 0.3 is 5.97 Å². The number of ketones is 1. The van der Waals surface area contributed by atoms with Gasteiger partial charge < -0.3 is 49.8 Å². The van der Waals surface area contributed by atoms with Crippen molar-refractivity contribution in [3.8, 4) is 40.6 Å². The highest BCUT2D eigenvalue weighted by atomic mass is 16.5. The van der Waals surface area contributed by atoms with E-state index in [0.717, 1.165) is 6.92 Å². The summed E-state index contributed by atoms with van der Waals surface area (Å²) < 4.78 is 16.5. The second-order valence-electron chi connectivity index (χ2n) is 11.2. The van der Waals surface area contributed by atoms with E-state index >= 15 is 0 Å². The molecule has 0 aliphatic carbocycles. The van der Waals surface area contributed by atoms with Gasteiger partial charge in [-0.1, -0.05) is 0 Å². The molecule has 2 bridgehead atoms. The Morgan fingerprint density at radius 3 is 2.22 bits per heavy atom. The number of rotatable bonds is 7. The molecule has 5 N–H and O–H groups in total. The molecule has 5 rings (SSSR count). The van der Waals surface area contributed by atoms with Crippen molar-refractivity contribution in [3.63, 3.8) is 0 Å². The number of ether oxygens (including phenoxy) is 3. The number of Topliss-reactive ketones (excluding diaryl/α,β-unsaturated/α-hetero) is 1. The number of hydrogen-bond acceptors (Lipinski definition) is 13. The molecule has 3 atom stereocenters. The molecule has 0 radical (unpaired) electrons. The number of amides is 1. The van der Waals surface area contributed by atoms with Crippen molar-refractivity contribution in [1.29, 1.82) is 5.26 Å². The fourth-order valence-corrected chi connectivity index (χ4v) is 6.91. The van der Waals surface area contributed by atoms with Crippen LogP contribution in [0, 0.1) is 25.2 Å². The van der Waals surface area contributed by atoms with E-state index < -0.39 is 42.4 Å². The minimum Gasteiger partial charge on any atom is -0.507 e. The number of allylic oxidation sites excluding steroid dienone is 1. The number of carbonyl (C=O) groups excluding carboxylic acids is 3. The standard InChI is InChI=1S/C31H34N4O10/c1-12-25(39)15-7-17-19(9-32)35-18(24(34(17)4)23(15)27(41)29(12)43-5)8-16-22(20(35)10-33-31(42)14(3)37)26(40)30(44-6)13(2)28(16)45-21(38)11-36/h17,19-20,36,39-41H,7-8,10-11H2,1-6H3,(H,33,42)/t17-,19-,20-/m0/s1. The van der Waals surface area contributed by atoms with Gasteiger partial charge in [-0.05, 0) is 13.8 Å². The van der Waals surface area contributed by atoms with Crippen LogP contribution in [0.4, 0.5) is 0 Å². The van der Waals surface area contributed by atoms with E-state index in [-0.39, 0.29) is 70.6 Å². The number of methoxy groups -OCH3 is 2. The third kappa shape index (κ3) is 4.53. The number of esters is 1. The second-order valence-corrected chi connectivity index (χ2v) is 11.2. The third-order valence-electron chi connectivity index (χ3n) is 8.91. The molecule has 0 aromatic heterocycles. The average molecular weight is 623 g/mol. The molecular weight excluding hydrogens is 588 g/mol. The fraction of sp³-hybridized carbons (Fsp3) is 0.419. The van der Waals surface area contributed by atoms with Crippen molar-refractivity contribution in [2.75, 3.05) is 34.4 Å². The first-order valence-electron chi connectivity index (χ1n) is 14.1. The molecule has 14 nitrogen and oxygen atoms in total. The van der Waals surface area contributed by atoms with Crippen LogP contribution >= 0.6 is 0 Å². The molecule has 3 aliphatic heterocycles. The Labute approximate surface area is 258 Å². The zero-order valence-corrected chi connectivity index (χ0v) is 25.6. The molecule has 0 unspecified atom stereocenters. The van der Waals surface area contributed by atoms with Gasteiger partial charge in [0.15, 0.2) is 23.0 Å². The van der Waals surface area contributed by atoms with Crippen LogP contribution in [0.1, 0.15) is 46.3 Å². The number of phenols is 3. The number of nitrogens with one attached hydrogen (secondary N) is 1.